The molecule has 3 nitrogen and oxygen atoms in total. The van der Waals surface area contributed by atoms with Crippen molar-refractivity contribution in [1.82, 2.24) is 0 Å². The first-order chi connectivity index (χ1) is 10.8. The molecule has 1 aliphatic rings. The zero-order valence-electron chi connectivity index (χ0n) is 13.3. The van der Waals surface area contributed by atoms with Crippen LogP contribution in [0.1, 0.15) is 29.5 Å². The summed E-state index contributed by atoms with van der Waals surface area (Å²) in [4.78, 5) is 4.45. The van der Waals surface area contributed by atoms with Crippen LogP contribution in [0.5, 0.6) is 0 Å². The minimum absolute atomic E-state index is 0. The van der Waals surface area contributed by atoms with Gasteiger partial charge in [0.2, 0.25) is 0 Å². The van der Waals surface area contributed by atoms with Crippen LogP contribution in [0.25, 0.3) is 0 Å². The first kappa shape index (κ1) is 17.8. The normalized spacial score (nSPS) is 13.8. The highest BCUT2D eigenvalue weighted by molar-refractivity contribution is 14.0. The maximum atomic E-state index is 6.04. The average Bonchev–Trinajstić information content (AvgIpc) is 2.56. The summed E-state index contributed by atoms with van der Waals surface area (Å²) in [6.45, 7) is 0.706. The summed E-state index contributed by atoms with van der Waals surface area (Å²) < 4.78 is 0. The molecule has 0 radical (unpaired) electrons. The molecule has 0 bridgehead atoms. The first-order valence-corrected chi connectivity index (χ1v) is 8.04. The van der Waals surface area contributed by atoms with Crippen LogP contribution in [0.4, 0.5) is 5.69 Å². The van der Waals surface area contributed by atoms with Crippen LogP contribution < -0.4 is 11.1 Å². The van der Waals surface area contributed by atoms with Crippen molar-refractivity contribution in [1.29, 1.82) is 0 Å². The second-order valence-electron chi connectivity index (χ2n) is 5.78. The Morgan fingerprint density at radius 3 is 2.61 bits per heavy atom. The minimum Gasteiger partial charge on any atom is -0.370 e. The Morgan fingerprint density at radius 1 is 1.00 bits per heavy atom. The molecule has 0 aliphatic heterocycles. The lowest BCUT2D eigenvalue weighted by Crippen LogP contribution is -2.24. The van der Waals surface area contributed by atoms with Gasteiger partial charge < -0.3 is 11.1 Å². The molecule has 0 fully saturated rings. The Balaban J connectivity index is 0.00000192. The van der Waals surface area contributed by atoms with Gasteiger partial charge in [0.15, 0.2) is 5.96 Å². The van der Waals surface area contributed by atoms with E-state index in [1.165, 1.54) is 36.0 Å². The van der Waals surface area contributed by atoms with Gasteiger partial charge in [0.25, 0.3) is 0 Å². The molecule has 2 aromatic rings. The Kier molecular flexibility index (Phi) is 6.89. The van der Waals surface area contributed by atoms with E-state index >= 15 is 0 Å². The zero-order chi connectivity index (χ0) is 15.2. The van der Waals surface area contributed by atoms with Crippen LogP contribution in [-0.4, -0.2) is 12.5 Å². The fourth-order valence-corrected chi connectivity index (χ4v) is 3.03. The second-order valence-corrected chi connectivity index (χ2v) is 5.78. The number of aryl methyl sites for hydroxylation is 1. The Labute approximate surface area is 155 Å². The van der Waals surface area contributed by atoms with E-state index in [4.69, 9.17) is 5.73 Å². The molecule has 0 saturated heterocycles. The van der Waals surface area contributed by atoms with E-state index in [-0.39, 0.29) is 24.0 Å². The first-order valence-electron chi connectivity index (χ1n) is 8.04. The average molecular weight is 421 g/mol. The number of hydrogen-bond acceptors (Lipinski definition) is 1. The molecule has 122 valence electrons. The third-order valence-electron chi connectivity index (χ3n) is 4.18. The molecular weight excluding hydrogens is 397 g/mol. The summed E-state index contributed by atoms with van der Waals surface area (Å²) in [5, 5.41) is 3.28. The van der Waals surface area contributed by atoms with Crippen molar-refractivity contribution < 1.29 is 0 Å². The van der Waals surface area contributed by atoms with Crippen molar-refractivity contribution in [3.05, 3.63) is 65.2 Å². The molecular formula is C19H24IN3. The predicted octanol–water partition coefficient (Wildman–Crippen LogP) is 4.15. The van der Waals surface area contributed by atoms with Crippen LogP contribution in [0.2, 0.25) is 0 Å². The number of nitrogens with one attached hydrogen (secondary N) is 1. The number of benzene rings is 2. The number of rotatable bonds is 4. The molecule has 0 unspecified atom stereocenters. The van der Waals surface area contributed by atoms with E-state index in [0.717, 1.165) is 18.5 Å². The molecule has 4 heteroatoms. The quantitative estimate of drug-likeness (QED) is 0.443. The Bertz CT molecular complexity index is 653. The van der Waals surface area contributed by atoms with Crippen molar-refractivity contribution >= 4 is 35.6 Å². The topological polar surface area (TPSA) is 50.4 Å². The lowest BCUT2D eigenvalue weighted by molar-refractivity contribution is 0.687. The maximum Gasteiger partial charge on any atom is 0.193 e. The smallest absolute Gasteiger partial charge is 0.193 e. The van der Waals surface area contributed by atoms with Crippen LogP contribution >= 0.6 is 24.0 Å². The van der Waals surface area contributed by atoms with Crippen molar-refractivity contribution in [2.45, 2.75) is 32.1 Å². The third kappa shape index (κ3) is 4.96. The highest BCUT2D eigenvalue weighted by Gasteiger charge is 2.12. The summed E-state index contributed by atoms with van der Waals surface area (Å²) in [5.74, 6) is 0.509. The summed E-state index contributed by atoms with van der Waals surface area (Å²) in [5.41, 5.74) is 11.3. The number of fused-ring (bicyclic) bond motifs is 1. The molecule has 0 saturated carbocycles. The van der Waals surface area contributed by atoms with Gasteiger partial charge in [-0.15, -0.1) is 24.0 Å². The fraction of sp³-hybridized carbons (Fsp3) is 0.316. The van der Waals surface area contributed by atoms with Crippen LogP contribution in [-0.2, 0) is 19.3 Å². The number of hydrogen-bond donors (Lipinski definition) is 2. The molecule has 0 amide bonds. The van der Waals surface area contributed by atoms with Crippen LogP contribution in [0, 0.1) is 0 Å². The number of anilines is 1. The zero-order valence-corrected chi connectivity index (χ0v) is 15.6. The van der Waals surface area contributed by atoms with Gasteiger partial charge in [0, 0.05) is 12.2 Å². The Morgan fingerprint density at radius 2 is 1.78 bits per heavy atom. The number of guanidine groups is 1. The van der Waals surface area contributed by atoms with Crippen molar-refractivity contribution in [2.24, 2.45) is 10.7 Å². The molecule has 1 aliphatic carbocycles. The number of halogens is 1. The van der Waals surface area contributed by atoms with E-state index < -0.39 is 0 Å². The molecule has 0 heterocycles. The Hall–Kier alpha value is -1.56. The van der Waals surface area contributed by atoms with Gasteiger partial charge in [0.05, 0.1) is 0 Å². The predicted molar refractivity (Wildman–Crippen MR) is 109 cm³/mol. The van der Waals surface area contributed by atoms with E-state index in [1.54, 1.807) is 0 Å². The van der Waals surface area contributed by atoms with Crippen LogP contribution in [0.15, 0.2) is 53.5 Å². The number of nitrogens with zero attached hydrogens (tertiary/aromatic N) is 1. The van der Waals surface area contributed by atoms with E-state index in [1.807, 2.05) is 6.07 Å². The largest absolute Gasteiger partial charge is 0.370 e. The van der Waals surface area contributed by atoms with Gasteiger partial charge in [-0.05, 0) is 54.9 Å². The van der Waals surface area contributed by atoms with Crippen molar-refractivity contribution in [3.8, 4) is 0 Å². The van der Waals surface area contributed by atoms with Gasteiger partial charge in [-0.2, -0.15) is 0 Å². The summed E-state index contributed by atoms with van der Waals surface area (Å²) in [6, 6.07) is 16.8. The highest BCUT2D eigenvalue weighted by atomic mass is 127. The van der Waals surface area contributed by atoms with Crippen LogP contribution in [0.3, 0.4) is 0 Å². The monoisotopic (exact) mass is 421 g/mol. The van der Waals surface area contributed by atoms with Gasteiger partial charge in [0.1, 0.15) is 0 Å². The molecule has 23 heavy (non-hydrogen) atoms. The van der Waals surface area contributed by atoms with E-state index in [9.17, 15) is 0 Å². The molecule has 0 atom stereocenters. The van der Waals surface area contributed by atoms with Gasteiger partial charge in [-0.25, -0.2) is 0 Å². The molecule has 0 aromatic heterocycles. The van der Waals surface area contributed by atoms with Crippen molar-refractivity contribution in [2.75, 3.05) is 11.9 Å². The minimum atomic E-state index is 0. The SMILES string of the molecule is I.NC(=NCCc1ccccc1)Nc1cccc2c1CCCC2. The highest BCUT2D eigenvalue weighted by Crippen LogP contribution is 2.27. The second kappa shape index (κ2) is 8.91. The molecule has 2 aromatic carbocycles. The fourth-order valence-electron chi connectivity index (χ4n) is 3.03. The summed E-state index contributed by atoms with van der Waals surface area (Å²) in [7, 11) is 0. The lowest BCUT2D eigenvalue weighted by atomic mass is 9.90. The maximum absolute atomic E-state index is 6.04. The molecule has 3 N–H and O–H groups in total. The van der Waals surface area contributed by atoms with Gasteiger partial charge >= 0.3 is 0 Å². The van der Waals surface area contributed by atoms with Crippen molar-refractivity contribution in [3.63, 3.8) is 0 Å². The number of aliphatic imine (C=N–C) groups is 1. The van der Waals surface area contributed by atoms with E-state index in [0.29, 0.717) is 12.5 Å². The molecule has 0 spiro atoms. The van der Waals surface area contributed by atoms with E-state index in [2.05, 4.69) is 52.8 Å². The van der Waals surface area contributed by atoms with Gasteiger partial charge in [-0.1, -0.05) is 42.5 Å². The summed E-state index contributed by atoms with van der Waals surface area (Å²) in [6.07, 6.45) is 5.77. The third-order valence-corrected chi connectivity index (χ3v) is 4.18. The lowest BCUT2D eigenvalue weighted by Gasteiger charge is -2.19. The standard InChI is InChI=1S/C19H23N3.HI/c20-19(21-14-13-15-7-2-1-3-8-15)22-18-12-6-10-16-9-4-5-11-17(16)18;/h1-3,6-8,10,12H,4-5,9,11,13-14H2,(H3,20,21,22);1H. The number of nitrogens with two attached hydrogens (primary N) is 1. The summed E-state index contributed by atoms with van der Waals surface area (Å²) >= 11 is 0. The molecule has 3 rings (SSSR count). The van der Waals surface area contributed by atoms with Gasteiger partial charge in [-0.3, -0.25) is 4.99 Å².